The van der Waals surface area contributed by atoms with Crippen LogP contribution in [0.15, 0.2) is 23.3 Å². The van der Waals surface area contributed by atoms with Crippen LogP contribution in [0.2, 0.25) is 0 Å². The molecule has 16 heavy (non-hydrogen) atoms. The molecule has 1 saturated heterocycles. The normalized spacial score (nSPS) is 26.0. The molecule has 0 radical (unpaired) electrons. The summed E-state index contributed by atoms with van der Waals surface area (Å²) in [6.45, 7) is 1.24. The van der Waals surface area contributed by atoms with Crippen molar-refractivity contribution >= 4 is 11.8 Å². The number of rotatable bonds is 2. The Bertz CT molecular complexity index is 372. The molecule has 4 nitrogen and oxygen atoms in total. The van der Waals surface area contributed by atoms with Gasteiger partial charge in [0.1, 0.15) is 0 Å². The van der Waals surface area contributed by atoms with Crippen LogP contribution in [0.4, 0.5) is 0 Å². The van der Waals surface area contributed by atoms with E-state index in [-0.39, 0.29) is 23.7 Å². The van der Waals surface area contributed by atoms with Gasteiger partial charge in [-0.2, -0.15) is 0 Å². The minimum atomic E-state index is -0.954. The van der Waals surface area contributed by atoms with Gasteiger partial charge in [0.05, 0.1) is 12.2 Å². The molecule has 1 fully saturated rings. The minimum Gasteiger partial charge on any atom is -0.478 e. The highest BCUT2D eigenvalue weighted by atomic mass is 16.5. The van der Waals surface area contributed by atoms with Crippen LogP contribution in [0, 0.1) is 5.92 Å². The van der Waals surface area contributed by atoms with Gasteiger partial charge < -0.3 is 9.84 Å². The van der Waals surface area contributed by atoms with E-state index in [9.17, 15) is 9.59 Å². The van der Waals surface area contributed by atoms with Crippen LogP contribution in [-0.2, 0) is 14.3 Å². The summed E-state index contributed by atoms with van der Waals surface area (Å²) in [5.41, 5.74) is 0.915. The molecule has 86 valence electrons. The molecule has 0 aromatic carbocycles. The third-order valence-electron chi connectivity index (χ3n) is 2.97. The van der Waals surface area contributed by atoms with E-state index in [0.29, 0.717) is 12.2 Å². The van der Waals surface area contributed by atoms with Crippen LogP contribution in [0.5, 0.6) is 0 Å². The number of ether oxygens (including phenoxy) is 1. The van der Waals surface area contributed by atoms with Crippen LogP contribution in [0.3, 0.4) is 0 Å². The lowest BCUT2D eigenvalue weighted by molar-refractivity contribution is -0.132. The Labute approximate surface area is 93.6 Å². The molecule has 0 bridgehead atoms. The second-order valence-electron chi connectivity index (χ2n) is 4.11. The Hall–Kier alpha value is -1.42. The molecule has 0 saturated carbocycles. The van der Waals surface area contributed by atoms with Crippen LogP contribution in [0.1, 0.15) is 19.3 Å². The van der Waals surface area contributed by atoms with Gasteiger partial charge in [0, 0.05) is 18.9 Å². The van der Waals surface area contributed by atoms with Gasteiger partial charge in [0.25, 0.3) is 0 Å². The van der Waals surface area contributed by atoms with E-state index in [0.717, 1.165) is 19.4 Å². The lowest BCUT2D eigenvalue weighted by atomic mass is 9.84. The van der Waals surface area contributed by atoms with Crippen molar-refractivity contribution in [3.8, 4) is 0 Å². The van der Waals surface area contributed by atoms with Crippen molar-refractivity contribution in [2.75, 3.05) is 13.2 Å². The lowest BCUT2D eigenvalue weighted by Crippen LogP contribution is -2.24. The molecular weight excluding hydrogens is 208 g/mol. The lowest BCUT2D eigenvalue weighted by Gasteiger charge is -2.26. The molecule has 4 heteroatoms. The SMILES string of the molecule is O=C1C=C([C@H]2CCCOC2)C(C(=O)O)=CC1. The van der Waals surface area contributed by atoms with Crippen molar-refractivity contribution in [2.45, 2.75) is 19.3 Å². The van der Waals surface area contributed by atoms with Gasteiger partial charge in [-0.15, -0.1) is 0 Å². The fraction of sp³-hybridized carbons (Fsp3) is 0.500. The molecule has 1 N–H and O–H groups in total. The summed E-state index contributed by atoms with van der Waals surface area (Å²) in [5, 5.41) is 9.06. The van der Waals surface area contributed by atoms with E-state index >= 15 is 0 Å². The van der Waals surface area contributed by atoms with Gasteiger partial charge in [0.2, 0.25) is 0 Å². The van der Waals surface area contributed by atoms with E-state index in [4.69, 9.17) is 9.84 Å². The molecule has 0 unspecified atom stereocenters. The summed E-state index contributed by atoms with van der Waals surface area (Å²) >= 11 is 0. The van der Waals surface area contributed by atoms with Gasteiger partial charge >= 0.3 is 5.97 Å². The summed E-state index contributed by atoms with van der Waals surface area (Å²) in [5.74, 6) is -0.921. The summed E-state index contributed by atoms with van der Waals surface area (Å²) < 4.78 is 5.33. The van der Waals surface area contributed by atoms with Crippen molar-refractivity contribution < 1.29 is 19.4 Å². The molecule has 1 heterocycles. The van der Waals surface area contributed by atoms with E-state index in [2.05, 4.69) is 0 Å². The number of aliphatic carboxylic acids is 1. The fourth-order valence-electron chi connectivity index (χ4n) is 2.17. The first-order chi connectivity index (χ1) is 7.68. The second kappa shape index (κ2) is 4.61. The van der Waals surface area contributed by atoms with Gasteiger partial charge in [-0.3, -0.25) is 4.79 Å². The predicted octanol–water partition coefficient (Wildman–Crippen LogP) is 1.32. The molecule has 0 aromatic heterocycles. The number of carboxylic acid groups (broad SMARTS) is 1. The molecule has 0 amide bonds. The maximum absolute atomic E-state index is 11.3. The fourth-order valence-corrected chi connectivity index (χ4v) is 2.17. The first-order valence-electron chi connectivity index (χ1n) is 5.44. The third kappa shape index (κ3) is 2.22. The highest BCUT2D eigenvalue weighted by Gasteiger charge is 2.27. The predicted molar refractivity (Wildman–Crippen MR) is 57.0 cm³/mol. The molecule has 0 spiro atoms. The van der Waals surface area contributed by atoms with Crippen LogP contribution in [0.25, 0.3) is 0 Å². The molecule has 1 atom stereocenters. The van der Waals surface area contributed by atoms with Crippen molar-refractivity contribution in [2.24, 2.45) is 5.92 Å². The largest absolute Gasteiger partial charge is 0.478 e. The van der Waals surface area contributed by atoms with Gasteiger partial charge in [-0.1, -0.05) is 6.08 Å². The first-order valence-corrected chi connectivity index (χ1v) is 5.44. The summed E-state index contributed by atoms with van der Waals surface area (Å²) in [6.07, 6.45) is 4.99. The topological polar surface area (TPSA) is 63.6 Å². The van der Waals surface area contributed by atoms with Gasteiger partial charge in [0.15, 0.2) is 5.78 Å². The number of carboxylic acids is 1. The van der Waals surface area contributed by atoms with Crippen LogP contribution in [-0.4, -0.2) is 30.1 Å². The number of allylic oxidation sites excluding steroid dienone is 2. The number of carbonyl (C=O) groups excluding carboxylic acids is 1. The summed E-state index contributed by atoms with van der Waals surface area (Å²) in [4.78, 5) is 22.4. The van der Waals surface area contributed by atoms with E-state index in [1.807, 2.05) is 0 Å². The average Bonchev–Trinajstić information content (AvgIpc) is 2.29. The first kappa shape index (κ1) is 11.1. The monoisotopic (exact) mass is 222 g/mol. The van der Waals surface area contributed by atoms with Gasteiger partial charge in [-0.05, 0) is 24.5 Å². The zero-order chi connectivity index (χ0) is 11.5. The van der Waals surface area contributed by atoms with Crippen LogP contribution >= 0.6 is 0 Å². The van der Waals surface area contributed by atoms with Crippen molar-refractivity contribution in [3.05, 3.63) is 23.3 Å². The Balaban J connectivity index is 2.23. The highest BCUT2D eigenvalue weighted by molar-refractivity contribution is 6.01. The highest BCUT2D eigenvalue weighted by Crippen LogP contribution is 2.30. The van der Waals surface area contributed by atoms with Crippen LogP contribution < -0.4 is 0 Å². The smallest absolute Gasteiger partial charge is 0.335 e. The van der Waals surface area contributed by atoms with Crippen molar-refractivity contribution in [1.29, 1.82) is 0 Å². The van der Waals surface area contributed by atoms with Crippen molar-refractivity contribution in [1.82, 2.24) is 0 Å². The maximum Gasteiger partial charge on any atom is 0.335 e. The zero-order valence-electron chi connectivity index (χ0n) is 8.94. The Morgan fingerprint density at radius 2 is 2.31 bits per heavy atom. The molecule has 0 aromatic rings. The molecule has 2 aliphatic rings. The van der Waals surface area contributed by atoms with E-state index < -0.39 is 5.97 Å². The zero-order valence-corrected chi connectivity index (χ0v) is 8.94. The van der Waals surface area contributed by atoms with Gasteiger partial charge in [-0.25, -0.2) is 4.79 Å². The quantitative estimate of drug-likeness (QED) is 0.765. The maximum atomic E-state index is 11.3. The minimum absolute atomic E-state index is 0.0226. The van der Waals surface area contributed by atoms with E-state index in [1.165, 1.54) is 12.2 Å². The number of carbonyl (C=O) groups is 2. The summed E-state index contributed by atoms with van der Waals surface area (Å²) in [7, 11) is 0. The number of ketones is 1. The number of hydrogen-bond donors (Lipinski definition) is 1. The third-order valence-corrected chi connectivity index (χ3v) is 2.97. The molecular formula is C12H14O4. The summed E-state index contributed by atoms with van der Waals surface area (Å²) in [6, 6.07) is 0. The van der Waals surface area contributed by atoms with E-state index in [1.54, 1.807) is 0 Å². The molecule has 1 aliphatic carbocycles. The molecule has 1 aliphatic heterocycles. The molecule has 2 rings (SSSR count). The van der Waals surface area contributed by atoms with Crippen molar-refractivity contribution in [3.63, 3.8) is 0 Å². The Morgan fingerprint density at radius 3 is 2.94 bits per heavy atom. The Morgan fingerprint density at radius 1 is 1.50 bits per heavy atom. The second-order valence-corrected chi connectivity index (χ2v) is 4.11. The Kier molecular flexibility index (Phi) is 3.19. The number of hydrogen-bond acceptors (Lipinski definition) is 3. The standard InChI is InChI=1S/C12H14O4/c13-9-3-4-10(12(14)15)11(6-9)8-2-1-5-16-7-8/h4,6,8H,1-3,5,7H2,(H,14,15)/t8-/m0/s1. The average molecular weight is 222 g/mol.